The van der Waals surface area contributed by atoms with Gasteiger partial charge in [0.1, 0.15) is 0 Å². The number of amides is 1. The molecule has 1 aliphatic heterocycles. The zero-order valence-corrected chi connectivity index (χ0v) is 17.8. The molecule has 4 nitrogen and oxygen atoms in total. The number of hydrogen-bond donors (Lipinski definition) is 1. The lowest BCUT2D eigenvalue weighted by Crippen LogP contribution is -2.46. The first-order chi connectivity index (χ1) is 14.5. The van der Waals surface area contributed by atoms with E-state index < -0.39 is 5.54 Å². The first kappa shape index (κ1) is 20.3. The van der Waals surface area contributed by atoms with Crippen molar-refractivity contribution in [3.63, 3.8) is 0 Å². The summed E-state index contributed by atoms with van der Waals surface area (Å²) < 4.78 is 5.20. The van der Waals surface area contributed by atoms with Crippen LogP contribution in [0.15, 0.2) is 66.7 Å². The molecule has 5 heteroatoms. The third kappa shape index (κ3) is 3.21. The molecule has 1 amide bonds. The van der Waals surface area contributed by atoms with Crippen molar-refractivity contribution in [1.29, 1.82) is 0 Å². The number of halogens is 1. The molecule has 0 saturated carbocycles. The Labute approximate surface area is 181 Å². The smallest absolute Gasteiger partial charge is 0.255 e. The van der Waals surface area contributed by atoms with Gasteiger partial charge in [-0.15, -0.1) is 0 Å². The molecule has 0 radical (unpaired) electrons. The SMILES string of the molecule is CCCN1C(=O)c2ccccc2C1(Cc1ccc(OC)c(O)c1)c1ccc(Cl)cc1. The van der Waals surface area contributed by atoms with Gasteiger partial charge in [-0.2, -0.15) is 0 Å². The highest BCUT2D eigenvalue weighted by Crippen LogP contribution is 2.47. The maximum Gasteiger partial charge on any atom is 0.255 e. The summed E-state index contributed by atoms with van der Waals surface area (Å²) in [5, 5.41) is 11.0. The maximum atomic E-state index is 13.4. The summed E-state index contributed by atoms with van der Waals surface area (Å²) >= 11 is 6.18. The summed E-state index contributed by atoms with van der Waals surface area (Å²) in [7, 11) is 1.53. The zero-order chi connectivity index (χ0) is 21.3. The fraction of sp³-hybridized carbons (Fsp3) is 0.240. The Balaban J connectivity index is 1.95. The van der Waals surface area contributed by atoms with E-state index in [0.29, 0.717) is 23.7 Å². The van der Waals surface area contributed by atoms with E-state index in [-0.39, 0.29) is 11.7 Å². The number of nitrogens with zero attached hydrogens (tertiary/aromatic N) is 1. The Morgan fingerprint density at radius 3 is 2.47 bits per heavy atom. The lowest BCUT2D eigenvalue weighted by molar-refractivity contribution is 0.0622. The van der Waals surface area contributed by atoms with Gasteiger partial charge < -0.3 is 14.7 Å². The Kier molecular flexibility index (Phi) is 5.44. The Hall–Kier alpha value is -2.98. The topological polar surface area (TPSA) is 49.8 Å². The van der Waals surface area contributed by atoms with Crippen LogP contribution in [0.4, 0.5) is 0 Å². The van der Waals surface area contributed by atoms with Crippen LogP contribution in [0.3, 0.4) is 0 Å². The van der Waals surface area contributed by atoms with E-state index in [1.807, 2.05) is 59.5 Å². The number of carbonyl (C=O) groups is 1. The lowest BCUT2D eigenvalue weighted by Gasteiger charge is -2.40. The number of methoxy groups -OCH3 is 1. The molecule has 1 heterocycles. The normalized spacial score (nSPS) is 17.8. The van der Waals surface area contributed by atoms with E-state index >= 15 is 0 Å². The summed E-state index contributed by atoms with van der Waals surface area (Å²) in [6, 6.07) is 20.9. The van der Waals surface area contributed by atoms with E-state index in [4.69, 9.17) is 16.3 Å². The van der Waals surface area contributed by atoms with E-state index in [0.717, 1.165) is 28.7 Å². The molecule has 30 heavy (non-hydrogen) atoms. The number of aromatic hydroxyl groups is 1. The third-order valence-electron chi connectivity index (χ3n) is 5.78. The second-order valence-electron chi connectivity index (χ2n) is 7.55. The minimum Gasteiger partial charge on any atom is -0.504 e. The highest BCUT2D eigenvalue weighted by molar-refractivity contribution is 6.30. The summed E-state index contributed by atoms with van der Waals surface area (Å²) in [6.45, 7) is 2.69. The number of phenolic OH excluding ortho intramolecular Hbond substituents is 1. The molecule has 0 aromatic heterocycles. The van der Waals surface area contributed by atoms with Gasteiger partial charge in [0.05, 0.1) is 12.6 Å². The molecular formula is C25H24ClNO3. The quantitative estimate of drug-likeness (QED) is 0.579. The average Bonchev–Trinajstić information content (AvgIpc) is 2.98. The number of ether oxygens (including phenoxy) is 1. The van der Waals surface area contributed by atoms with Crippen LogP contribution in [-0.4, -0.2) is 29.6 Å². The van der Waals surface area contributed by atoms with E-state index in [1.165, 1.54) is 7.11 Å². The van der Waals surface area contributed by atoms with Crippen LogP contribution in [0, 0.1) is 0 Å². The average molecular weight is 422 g/mol. The highest BCUT2D eigenvalue weighted by Gasteiger charge is 2.50. The fourth-order valence-corrected chi connectivity index (χ4v) is 4.61. The van der Waals surface area contributed by atoms with Gasteiger partial charge in [0.25, 0.3) is 5.91 Å². The van der Waals surface area contributed by atoms with Crippen molar-refractivity contribution >= 4 is 17.5 Å². The minimum atomic E-state index is -0.685. The highest BCUT2D eigenvalue weighted by atomic mass is 35.5. The van der Waals surface area contributed by atoms with E-state index in [2.05, 4.69) is 6.92 Å². The standard InChI is InChI=1S/C25H24ClNO3/c1-3-14-27-24(29)20-6-4-5-7-21(20)25(27,18-9-11-19(26)12-10-18)16-17-8-13-23(30-2)22(28)15-17/h4-13,15,28H,3,14,16H2,1-2H3. The lowest BCUT2D eigenvalue weighted by atomic mass is 9.77. The molecule has 0 spiro atoms. The molecule has 4 rings (SSSR count). The Morgan fingerprint density at radius 2 is 1.80 bits per heavy atom. The third-order valence-corrected chi connectivity index (χ3v) is 6.03. The largest absolute Gasteiger partial charge is 0.504 e. The van der Waals surface area contributed by atoms with Crippen molar-refractivity contribution in [3.8, 4) is 11.5 Å². The van der Waals surface area contributed by atoms with Gasteiger partial charge in [-0.05, 0) is 53.4 Å². The van der Waals surface area contributed by atoms with Gasteiger partial charge in [-0.1, -0.05) is 54.9 Å². The second kappa shape index (κ2) is 8.04. The molecule has 0 fully saturated rings. The molecule has 1 aliphatic rings. The predicted octanol–water partition coefficient (Wildman–Crippen LogP) is 5.41. The number of rotatable bonds is 6. The molecule has 3 aromatic rings. The number of fused-ring (bicyclic) bond motifs is 1. The fourth-order valence-electron chi connectivity index (χ4n) is 4.48. The van der Waals surface area contributed by atoms with Crippen LogP contribution in [0.5, 0.6) is 11.5 Å². The predicted molar refractivity (Wildman–Crippen MR) is 118 cm³/mol. The Bertz CT molecular complexity index is 1080. The molecular weight excluding hydrogens is 398 g/mol. The van der Waals surface area contributed by atoms with Crippen molar-refractivity contribution in [2.24, 2.45) is 0 Å². The molecule has 1 atom stereocenters. The van der Waals surface area contributed by atoms with E-state index in [9.17, 15) is 9.90 Å². The molecule has 0 bridgehead atoms. The van der Waals surface area contributed by atoms with Crippen LogP contribution in [0.1, 0.15) is 40.4 Å². The van der Waals surface area contributed by atoms with Crippen molar-refractivity contribution < 1.29 is 14.6 Å². The summed E-state index contributed by atoms with van der Waals surface area (Å²) in [5.41, 5.74) is 2.91. The molecule has 1 unspecified atom stereocenters. The van der Waals surface area contributed by atoms with Crippen LogP contribution >= 0.6 is 11.6 Å². The van der Waals surface area contributed by atoms with Crippen LogP contribution in [0.25, 0.3) is 0 Å². The molecule has 3 aromatic carbocycles. The molecule has 154 valence electrons. The summed E-state index contributed by atoms with van der Waals surface area (Å²) in [4.78, 5) is 15.4. The molecule has 0 aliphatic carbocycles. The summed E-state index contributed by atoms with van der Waals surface area (Å²) in [6.07, 6.45) is 1.36. The number of phenols is 1. The molecule has 1 N–H and O–H groups in total. The number of hydrogen-bond acceptors (Lipinski definition) is 3. The van der Waals surface area contributed by atoms with Gasteiger partial charge in [0, 0.05) is 23.6 Å². The van der Waals surface area contributed by atoms with E-state index in [1.54, 1.807) is 12.1 Å². The second-order valence-corrected chi connectivity index (χ2v) is 7.99. The van der Waals surface area contributed by atoms with Crippen LogP contribution < -0.4 is 4.74 Å². The minimum absolute atomic E-state index is 0.0279. The van der Waals surface area contributed by atoms with Crippen molar-refractivity contribution in [3.05, 3.63) is 94.0 Å². The summed E-state index contributed by atoms with van der Waals surface area (Å²) in [5.74, 6) is 0.536. The van der Waals surface area contributed by atoms with Gasteiger partial charge in [-0.3, -0.25) is 4.79 Å². The van der Waals surface area contributed by atoms with Gasteiger partial charge in [-0.25, -0.2) is 0 Å². The monoisotopic (exact) mass is 421 g/mol. The van der Waals surface area contributed by atoms with Crippen molar-refractivity contribution in [2.75, 3.05) is 13.7 Å². The van der Waals surface area contributed by atoms with Gasteiger partial charge in [0.15, 0.2) is 11.5 Å². The van der Waals surface area contributed by atoms with Crippen LogP contribution in [0.2, 0.25) is 5.02 Å². The Morgan fingerprint density at radius 1 is 1.07 bits per heavy atom. The van der Waals surface area contributed by atoms with Crippen molar-refractivity contribution in [1.82, 2.24) is 4.90 Å². The van der Waals surface area contributed by atoms with Crippen molar-refractivity contribution in [2.45, 2.75) is 25.3 Å². The first-order valence-corrected chi connectivity index (χ1v) is 10.4. The first-order valence-electron chi connectivity index (χ1n) is 10.0. The number of benzene rings is 3. The zero-order valence-electron chi connectivity index (χ0n) is 17.1. The molecule has 0 saturated heterocycles. The van der Waals surface area contributed by atoms with Gasteiger partial charge in [0.2, 0.25) is 0 Å². The van der Waals surface area contributed by atoms with Gasteiger partial charge >= 0.3 is 0 Å². The maximum absolute atomic E-state index is 13.4. The van der Waals surface area contributed by atoms with Crippen LogP contribution in [-0.2, 0) is 12.0 Å². The number of carbonyl (C=O) groups excluding carboxylic acids is 1.